The van der Waals surface area contributed by atoms with Crippen LogP contribution in [-0.4, -0.2) is 0 Å². The molecule has 2 aromatic heterocycles. The van der Waals surface area contributed by atoms with Crippen molar-refractivity contribution in [2.45, 2.75) is 43.7 Å². The smallest absolute Gasteiger partial charge is 0.167 e. The predicted octanol–water partition coefficient (Wildman–Crippen LogP) is 5.12. The largest absolute Gasteiger partial charge is 0.368 e. The van der Waals surface area contributed by atoms with Gasteiger partial charge in [-0.25, -0.2) is 9.97 Å². The van der Waals surface area contributed by atoms with E-state index in [1.54, 1.807) is 0 Å². The Morgan fingerprint density at radius 1 is 0.545 bits per heavy atom. The average Bonchev–Trinajstić information content (AvgIpc) is 2.89. The second kappa shape index (κ2) is 8.89. The topological polar surface area (TPSA) is 46.7 Å². The van der Waals surface area contributed by atoms with Crippen LogP contribution in [0.5, 0.6) is 0 Å². The number of rotatable bonds is 6. The van der Waals surface area contributed by atoms with Gasteiger partial charge < -0.3 is 9.47 Å². The summed E-state index contributed by atoms with van der Waals surface area (Å²) in [6.07, 6.45) is 8.91. The minimum Gasteiger partial charge on any atom is -0.368 e. The second-order valence-electron chi connectivity index (χ2n) is 8.99. The third kappa shape index (κ3) is 3.86. The molecule has 164 valence electrons. The fourth-order valence-electron chi connectivity index (χ4n) is 5.57. The maximum atomic E-state index is 6.64. The molecule has 4 heteroatoms. The van der Waals surface area contributed by atoms with Crippen molar-refractivity contribution in [3.63, 3.8) is 0 Å². The minimum absolute atomic E-state index is 0.0356. The molecule has 2 aliphatic rings. The Kier molecular flexibility index (Phi) is 5.46. The first-order valence-electron chi connectivity index (χ1n) is 11.7. The molecule has 2 aromatic carbocycles. The van der Waals surface area contributed by atoms with Crippen molar-refractivity contribution in [2.75, 3.05) is 0 Å². The van der Waals surface area contributed by atoms with Gasteiger partial charge in [0.1, 0.15) is 0 Å². The molecule has 0 unspecified atom stereocenters. The summed E-state index contributed by atoms with van der Waals surface area (Å²) in [6.45, 7) is 1.20. The van der Waals surface area contributed by atoms with Gasteiger partial charge >= 0.3 is 0 Å². The fraction of sp³-hybridized carbons (Fsp3) is 0.241. The molecule has 0 amide bonds. The van der Waals surface area contributed by atoms with E-state index < -0.39 is 0 Å². The molecule has 0 aliphatic heterocycles. The summed E-state index contributed by atoms with van der Waals surface area (Å²) in [6, 6.07) is 25.9. The van der Waals surface area contributed by atoms with Gasteiger partial charge in [-0.2, -0.15) is 0 Å². The van der Waals surface area contributed by atoms with Gasteiger partial charge in [-0.15, -0.1) is 0 Å². The van der Waals surface area contributed by atoms with Gasteiger partial charge in [-0.3, -0.25) is 0 Å². The summed E-state index contributed by atoms with van der Waals surface area (Å²) in [4.78, 5) is 6.18. The molecule has 0 spiro atoms. The number of ether oxygens (including phenoxy) is 2. The first-order chi connectivity index (χ1) is 16.4. The Balaban J connectivity index is 1.36. The number of aromatic amines is 2. The van der Waals surface area contributed by atoms with E-state index in [4.69, 9.17) is 9.47 Å². The third-order valence-corrected chi connectivity index (χ3v) is 7.08. The van der Waals surface area contributed by atoms with E-state index in [1.807, 2.05) is 24.8 Å². The molecule has 6 rings (SSSR count). The average molecular weight is 437 g/mol. The van der Waals surface area contributed by atoms with Gasteiger partial charge in [0.25, 0.3) is 0 Å². The number of benzene rings is 2. The van der Waals surface area contributed by atoms with Crippen LogP contribution in [0.25, 0.3) is 0 Å². The molecular weight excluding hydrogens is 408 g/mol. The molecule has 0 saturated heterocycles. The Morgan fingerprint density at radius 2 is 0.939 bits per heavy atom. The van der Waals surface area contributed by atoms with Crippen molar-refractivity contribution in [3.8, 4) is 0 Å². The molecule has 4 nitrogen and oxygen atoms in total. The molecular formula is C29H28N2O2+2. The number of aromatic nitrogens is 2. The number of fused-ring (bicyclic) bond motifs is 6. The lowest BCUT2D eigenvalue weighted by molar-refractivity contribution is -0.378. The molecule has 2 N–H and O–H groups in total. The van der Waals surface area contributed by atoms with Gasteiger partial charge in [0, 0.05) is 36.1 Å². The molecule has 4 atom stereocenters. The fourth-order valence-corrected chi connectivity index (χ4v) is 5.57. The van der Waals surface area contributed by atoms with Crippen molar-refractivity contribution >= 4 is 0 Å². The summed E-state index contributed by atoms with van der Waals surface area (Å²) >= 11 is 0. The van der Waals surface area contributed by atoms with Crippen LogP contribution in [0.4, 0.5) is 0 Å². The van der Waals surface area contributed by atoms with Crippen molar-refractivity contribution in [3.05, 3.63) is 131 Å². The van der Waals surface area contributed by atoms with Gasteiger partial charge in [0.15, 0.2) is 24.8 Å². The lowest BCUT2D eigenvalue weighted by Gasteiger charge is -2.46. The van der Waals surface area contributed by atoms with Gasteiger partial charge in [-0.1, -0.05) is 48.5 Å². The number of nitrogens with one attached hydrogen (secondary N) is 2. The zero-order valence-electron chi connectivity index (χ0n) is 18.5. The first kappa shape index (κ1) is 20.3. The Labute approximate surface area is 194 Å². The van der Waals surface area contributed by atoms with E-state index in [1.165, 1.54) is 33.4 Å². The minimum atomic E-state index is 0.0356. The second-order valence-corrected chi connectivity index (χ2v) is 8.99. The summed E-state index contributed by atoms with van der Waals surface area (Å²) in [5.74, 6) is 0.644. The Hall–Kier alpha value is -3.34. The first-order valence-corrected chi connectivity index (χ1v) is 11.7. The van der Waals surface area contributed by atoms with Crippen LogP contribution in [0, 0.1) is 0 Å². The lowest BCUT2D eigenvalue weighted by atomic mass is 9.64. The number of hydrogen-bond donors (Lipinski definition) is 0. The van der Waals surface area contributed by atoms with Gasteiger partial charge in [-0.05, 0) is 39.8 Å². The van der Waals surface area contributed by atoms with E-state index in [0.29, 0.717) is 25.0 Å². The molecule has 33 heavy (non-hydrogen) atoms. The highest BCUT2D eigenvalue weighted by Gasteiger charge is 2.45. The molecule has 0 radical (unpaired) electrons. The molecule has 2 aliphatic carbocycles. The van der Waals surface area contributed by atoms with Crippen molar-refractivity contribution < 1.29 is 19.4 Å². The Morgan fingerprint density at radius 3 is 1.36 bits per heavy atom. The van der Waals surface area contributed by atoms with Crippen molar-refractivity contribution in [2.24, 2.45) is 0 Å². The normalized spacial score (nSPS) is 22.9. The zero-order chi connectivity index (χ0) is 22.0. The van der Waals surface area contributed by atoms with Crippen LogP contribution in [0.1, 0.15) is 63.8 Å². The Bertz CT molecular complexity index is 1130. The van der Waals surface area contributed by atoms with Crippen LogP contribution < -0.4 is 9.97 Å². The van der Waals surface area contributed by atoms with Crippen LogP contribution in [0.3, 0.4) is 0 Å². The van der Waals surface area contributed by atoms with E-state index in [9.17, 15) is 0 Å². The number of H-pyrrole nitrogens is 2. The summed E-state index contributed by atoms with van der Waals surface area (Å²) in [5, 5.41) is 0. The number of hydrogen-bond acceptors (Lipinski definition) is 2. The molecule has 0 fully saturated rings. The van der Waals surface area contributed by atoms with Crippen molar-refractivity contribution in [1.29, 1.82) is 0 Å². The third-order valence-electron chi connectivity index (χ3n) is 7.08. The summed E-state index contributed by atoms with van der Waals surface area (Å²) < 4.78 is 13.3. The van der Waals surface area contributed by atoms with E-state index >= 15 is 0 Å². The van der Waals surface area contributed by atoms with E-state index in [0.717, 1.165) is 6.42 Å². The monoisotopic (exact) mass is 436 g/mol. The van der Waals surface area contributed by atoms with E-state index in [2.05, 4.69) is 82.8 Å². The SMILES string of the molecule is c1ccc2c(c1)[C@@H]1C[C@@H](c3ccccc3[C@@H]1OCc1cc[nH+]cc1)[C@H]2OCc1cc[nH+]cc1. The lowest BCUT2D eigenvalue weighted by Crippen LogP contribution is -2.33. The summed E-state index contributed by atoms with van der Waals surface area (Å²) in [7, 11) is 0. The highest BCUT2D eigenvalue weighted by atomic mass is 16.5. The van der Waals surface area contributed by atoms with Crippen LogP contribution in [0.2, 0.25) is 0 Å². The standard InChI is InChI=1S/C29H26N2O2/c1-3-7-24-22(5-1)26-17-27(28(24)32-18-20-9-13-30-14-10-20)23-6-2-4-8-25(23)29(26)33-19-21-11-15-31-16-12-21/h1-16,26-29H,17-19H2/p+2/t26-,27-,28-,29-/m0/s1. The van der Waals surface area contributed by atoms with Crippen LogP contribution in [-0.2, 0) is 22.7 Å². The quantitative estimate of drug-likeness (QED) is 0.421. The molecule has 0 saturated carbocycles. The van der Waals surface area contributed by atoms with Crippen LogP contribution >= 0.6 is 0 Å². The number of pyridine rings is 2. The maximum Gasteiger partial charge on any atom is 0.167 e. The zero-order valence-corrected chi connectivity index (χ0v) is 18.5. The van der Waals surface area contributed by atoms with Gasteiger partial charge in [0.05, 0.1) is 25.4 Å². The molecule has 2 bridgehead atoms. The van der Waals surface area contributed by atoms with Crippen molar-refractivity contribution in [1.82, 2.24) is 0 Å². The highest BCUT2D eigenvalue weighted by Crippen LogP contribution is 2.58. The highest BCUT2D eigenvalue weighted by molar-refractivity contribution is 5.47. The maximum absolute atomic E-state index is 6.64. The van der Waals surface area contributed by atoms with Gasteiger partial charge in [0.2, 0.25) is 0 Å². The molecule has 4 aromatic rings. The predicted molar refractivity (Wildman–Crippen MR) is 124 cm³/mol. The summed E-state index contributed by atoms with van der Waals surface area (Å²) in [5.41, 5.74) is 7.69. The molecule has 2 heterocycles. The van der Waals surface area contributed by atoms with E-state index in [-0.39, 0.29) is 12.2 Å². The van der Waals surface area contributed by atoms with Crippen LogP contribution in [0.15, 0.2) is 97.6 Å².